The van der Waals surface area contributed by atoms with Crippen LogP contribution in [0.15, 0.2) is 66.9 Å². The van der Waals surface area contributed by atoms with Crippen molar-refractivity contribution < 1.29 is 4.74 Å². The first-order valence-electron chi connectivity index (χ1n) is 6.87. The Morgan fingerprint density at radius 1 is 0.857 bits per heavy atom. The van der Waals surface area contributed by atoms with Crippen molar-refractivity contribution in [3.63, 3.8) is 0 Å². The lowest BCUT2D eigenvalue weighted by atomic mass is 10.1. The second-order valence-electron chi connectivity index (χ2n) is 4.97. The minimum atomic E-state index is 0.848. The van der Waals surface area contributed by atoms with Gasteiger partial charge in [-0.25, -0.2) is 4.68 Å². The van der Waals surface area contributed by atoms with Gasteiger partial charge in [0, 0.05) is 5.39 Å². The zero-order chi connectivity index (χ0) is 14.2. The number of hydrogen-bond acceptors (Lipinski definition) is 2. The van der Waals surface area contributed by atoms with E-state index in [9.17, 15) is 0 Å². The van der Waals surface area contributed by atoms with Crippen molar-refractivity contribution in [2.45, 2.75) is 0 Å². The Balaban J connectivity index is 1.95. The number of methoxy groups -OCH3 is 1. The van der Waals surface area contributed by atoms with E-state index in [0.29, 0.717) is 0 Å². The fraction of sp³-hybridized carbons (Fsp3) is 0.0556. The van der Waals surface area contributed by atoms with Gasteiger partial charge in [-0.3, -0.25) is 0 Å². The van der Waals surface area contributed by atoms with Gasteiger partial charge >= 0.3 is 0 Å². The summed E-state index contributed by atoms with van der Waals surface area (Å²) in [6.45, 7) is 0. The summed E-state index contributed by atoms with van der Waals surface area (Å²) in [5, 5.41) is 8.18. The number of nitrogens with zero attached hydrogens (tertiary/aromatic N) is 2. The summed E-state index contributed by atoms with van der Waals surface area (Å²) in [5.74, 6) is 0.848. The highest BCUT2D eigenvalue weighted by atomic mass is 16.5. The van der Waals surface area contributed by atoms with Crippen LogP contribution in [0.3, 0.4) is 0 Å². The minimum Gasteiger partial charge on any atom is -0.497 e. The lowest BCUT2D eigenvalue weighted by Gasteiger charge is -2.06. The van der Waals surface area contributed by atoms with Crippen molar-refractivity contribution in [3.05, 3.63) is 66.9 Å². The topological polar surface area (TPSA) is 27.1 Å². The van der Waals surface area contributed by atoms with E-state index in [0.717, 1.165) is 17.0 Å². The van der Waals surface area contributed by atoms with E-state index < -0.39 is 0 Å². The molecule has 0 aliphatic heterocycles. The van der Waals surface area contributed by atoms with Gasteiger partial charge in [0.15, 0.2) is 0 Å². The second kappa shape index (κ2) is 4.63. The van der Waals surface area contributed by atoms with Crippen LogP contribution in [0.4, 0.5) is 0 Å². The predicted molar refractivity (Wildman–Crippen MR) is 85.1 cm³/mol. The fourth-order valence-corrected chi connectivity index (χ4v) is 2.71. The molecule has 0 amide bonds. The van der Waals surface area contributed by atoms with Crippen LogP contribution in [0.2, 0.25) is 0 Å². The third-order valence-electron chi connectivity index (χ3n) is 3.80. The van der Waals surface area contributed by atoms with E-state index >= 15 is 0 Å². The molecule has 0 aliphatic rings. The maximum absolute atomic E-state index is 5.20. The molecule has 0 saturated heterocycles. The molecule has 0 bridgehead atoms. The highest BCUT2D eigenvalue weighted by Gasteiger charge is 2.07. The van der Waals surface area contributed by atoms with E-state index in [1.165, 1.54) is 16.2 Å². The van der Waals surface area contributed by atoms with Crippen molar-refractivity contribution >= 4 is 21.7 Å². The molecule has 0 radical (unpaired) electrons. The maximum Gasteiger partial charge on any atom is 0.119 e. The van der Waals surface area contributed by atoms with Crippen LogP contribution in [0.5, 0.6) is 5.75 Å². The third-order valence-corrected chi connectivity index (χ3v) is 3.80. The van der Waals surface area contributed by atoms with Gasteiger partial charge in [-0.05, 0) is 41.1 Å². The van der Waals surface area contributed by atoms with Crippen molar-refractivity contribution in [2.75, 3.05) is 7.11 Å². The molecule has 0 unspecified atom stereocenters. The van der Waals surface area contributed by atoms with Gasteiger partial charge in [0.25, 0.3) is 0 Å². The van der Waals surface area contributed by atoms with E-state index in [1.54, 1.807) is 7.11 Å². The molecule has 21 heavy (non-hydrogen) atoms. The molecule has 1 heterocycles. The van der Waals surface area contributed by atoms with Gasteiger partial charge in [-0.1, -0.05) is 30.3 Å². The monoisotopic (exact) mass is 274 g/mol. The fourth-order valence-electron chi connectivity index (χ4n) is 2.71. The summed E-state index contributed by atoms with van der Waals surface area (Å²) in [6, 6.07) is 20.6. The molecule has 0 spiro atoms. The van der Waals surface area contributed by atoms with Gasteiger partial charge in [0.2, 0.25) is 0 Å². The standard InChI is InChI=1S/C18H14N2O/c1-21-15-9-7-14(8-10-15)20-18-11-6-13-4-2-3-5-16(13)17(18)12-19-20/h2-12H,1H3. The molecule has 0 saturated carbocycles. The van der Waals surface area contributed by atoms with E-state index in [1.807, 2.05) is 35.1 Å². The Bertz CT molecular complexity index is 923. The summed E-state index contributed by atoms with van der Waals surface area (Å²) in [5.41, 5.74) is 2.14. The minimum absolute atomic E-state index is 0.848. The Morgan fingerprint density at radius 2 is 1.67 bits per heavy atom. The van der Waals surface area contributed by atoms with Gasteiger partial charge < -0.3 is 4.74 Å². The van der Waals surface area contributed by atoms with Crippen LogP contribution in [0.1, 0.15) is 0 Å². The number of hydrogen-bond donors (Lipinski definition) is 0. The number of aromatic nitrogens is 2. The van der Waals surface area contributed by atoms with Crippen molar-refractivity contribution in [3.8, 4) is 11.4 Å². The quantitative estimate of drug-likeness (QED) is 0.548. The molecular formula is C18H14N2O. The summed E-state index contributed by atoms with van der Waals surface area (Å²) in [4.78, 5) is 0. The second-order valence-corrected chi connectivity index (χ2v) is 4.97. The molecule has 102 valence electrons. The predicted octanol–water partition coefficient (Wildman–Crippen LogP) is 4.19. The SMILES string of the molecule is COc1ccc(-n2ncc3c4ccccc4ccc32)cc1. The number of benzene rings is 3. The van der Waals surface area contributed by atoms with Crippen LogP contribution in [0.25, 0.3) is 27.4 Å². The van der Waals surface area contributed by atoms with Crippen molar-refractivity contribution in [1.29, 1.82) is 0 Å². The van der Waals surface area contributed by atoms with Gasteiger partial charge in [0.05, 0.1) is 24.5 Å². The molecule has 0 aliphatic carbocycles. The molecule has 3 heteroatoms. The largest absolute Gasteiger partial charge is 0.497 e. The average Bonchev–Trinajstić information content (AvgIpc) is 2.99. The molecule has 1 aromatic heterocycles. The molecule has 4 rings (SSSR count). The van der Waals surface area contributed by atoms with Crippen LogP contribution in [0, 0.1) is 0 Å². The van der Waals surface area contributed by atoms with E-state index in [2.05, 4.69) is 41.5 Å². The normalized spacial score (nSPS) is 11.1. The van der Waals surface area contributed by atoms with Crippen LogP contribution in [-0.4, -0.2) is 16.9 Å². The maximum atomic E-state index is 5.20. The molecule has 0 N–H and O–H groups in total. The van der Waals surface area contributed by atoms with E-state index in [4.69, 9.17) is 4.74 Å². The van der Waals surface area contributed by atoms with Gasteiger partial charge in [-0.15, -0.1) is 0 Å². The third kappa shape index (κ3) is 1.86. The number of ether oxygens (including phenoxy) is 1. The molecule has 4 aromatic rings. The van der Waals surface area contributed by atoms with Gasteiger partial charge in [0.1, 0.15) is 5.75 Å². The summed E-state index contributed by atoms with van der Waals surface area (Å²) in [6.07, 6.45) is 1.93. The van der Waals surface area contributed by atoms with E-state index in [-0.39, 0.29) is 0 Å². The molecular weight excluding hydrogens is 260 g/mol. The summed E-state index contributed by atoms with van der Waals surface area (Å²) in [7, 11) is 1.67. The van der Waals surface area contributed by atoms with Crippen LogP contribution < -0.4 is 4.74 Å². The number of fused-ring (bicyclic) bond motifs is 3. The highest BCUT2D eigenvalue weighted by molar-refractivity contribution is 6.06. The molecule has 0 fully saturated rings. The zero-order valence-electron chi connectivity index (χ0n) is 11.7. The first-order valence-corrected chi connectivity index (χ1v) is 6.87. The Hall–Kier alpha value is -2.81. The Labute approximate surface area is 122 Å². The molecule has 3 nitrogen and oxygen atoms in total. The van der Waals surface area contributed by atoms with Crippen molar-refractivity contribution in [1.82, 2.24) is 9.78 Å². The lowest BCUT2D eigenvalue weighted by Crippen LogP contribution is -1.95. The highest BCUT2D eigenvalue weighted by Crippen LogP contribution is 2.27. The molecule has 0 atom stereocenters. The van der Waals surface area contributed by atoms with Crippen LogP contribution in [-0.2, 0) is 0 Å². The first-order chi connectivity index (χ1) is 10.4. The summed E-state index contributed by atoms with van der Waals surface area (Å²) < 4.78 is 7.16. The lowest BCUT2D eigenvalue weighted by molar-refractivity contribution is 0.414. The van der Waals surface area contributed by atoms with Crippen molar-refractivity contribution in [2.24, 2.45) is 0 Å². The average molecular weight is 274 g/mol. The smallest absolute Gasteiger partial charge is 0.119 e. The van der Waals surface area contributed by atoms with Crippen LogP contribution >= 0.6 is 0 Å². The van der Waals surface area contributed by atoms with Gasteiger partial charge in [-0.2, -0.15) is 5.10 Å². The Morgan fingerprint density at radius 3 is 2.48 bits per heavy atom. The first kappa shape index (κ1) is 12.0. The zero-order valence-corrected chi connectivity index (χ0v) is 11.7. The Kier molecular flexibility index (Phi) is 2.64. The molecule has 3 aromatic carbocycles. The summed E-state index contributed by atoms with van der Waals surface area (Å²) >= 11 is 0. The number of rotatable bonds is 2.